The molecule has 0 atom stereocenters. The monoisotopic (exact) mass is 417 g/mol. The van der Waals surface area contributed by atoms with E-state index in [9.17, 15) is 22.8 Å². The van der Waals surface area contributed by atoms with Gasteiger partial charge in [0, 0.05) is 12.1 Å². The standard InChI is InChI=1S/C16H8Cl2F3N3O3/c17-9-1-7(6-24-16(26)23-13(25)5-22-24)2-10(18)15(9)27-8-3-11(19)14(21)12(20)4-8/h1-5H,6H2,(H,23,25,26). The topological polar surface area (TPSA) is 77.0 Å². The van der Waals surface area contributed by atoms with Crippen molar-refractivity contribution in [3.05, 3.63) is 84.4 Å². The first-order valence-corrected chi connectivity index (χ1v) is 7.97. The molecule has 1 N–H and O–H groups in total. The number of nitrogens with one attached hydrogen (secondary N) is 1. The summed E-state index contributed by atoms with van der Waals surface area (Å²) in [4.78, 5) is 24.7. The van der Waals surface area contributed by atoms with Gasteiger partial charge in [-0.05, 0) is 17.7 Å². The molecule has 0 saturated carbocycles. The summed E-state index contributed by atoms with van der Waals surface area (Å²) in [5.74, 6) is -4.96. The summed E-state index contributed by atoms with van der Waals surface area (Å²) in [6.45, 7) is -0.0604. The van der Waals surface area contributed by atoms with Crippen molar-refractivity contribution in [3.8, 4) is 11.5 Å². The molecule has 0 spiro atoms. The van der Waals surface area contributed by atoms with Gasteiger partial charge in [0.1, 0.15) is 11.9 Å². The van der Waals surface area contributed by atoms with Crippen molar-refractivity contribution in [2.45, 2.75) is 6.54 Å². The Balaban J connectivity index is 1.91. The zero-order chi connectivity index (χ0) is 19.7. The van der Waals surface area contributed by atoms with Crippen molar-refractivity contribution in [2.24, 2.45) is 0 Å². The molecule has 3 aromatic rings. The van der Waals surface area contributed by atoms with E-state index in [-0.39, 0.29) is 28.1 Å². The molecule has 140 valence electrons. The fraction of sp³-hybridized carbons (Fsp3) is 0.0625. The fourth-order valence-corrected chi connectivity index (χ4v) is 2.78. The molecule has 1 aromatic heterocycles. The predicted molar refractivity (Wildman–Crippen MR) is 91.1 cm³/mol. The molecule has 0 aliphatic rings. The smallest absolute Gasteiger partial charge is 0.345 e. The molecule has 0 fully saturated rings. The number of aromatic nitrogens is 3. The summed E-state index contributed by atoms with van der Waals surface area (Å²) < 4.78 is 45.8. The van der Waals surface area contributed by atoms with Crippen LogP contribution in [0.25, 0.3) is 0 Å². The first-order chi connectivity index (χ1) is 12.7. The number of rotatable bonds is 4. The van der Waals surface area contributed by atoms with Gasteiger partial charge >= 0.3 is 5.69 Å². The molecule has 6 nitrogen and oxygen atoms in total. The van der Waals surface area contributed by atoms with Gasteiger partial charge in [0.2, 0.25) is 0 Å². The highest BCUT2D eigenvalue weighted by Crippen LogP contribution is 2.38. The van der Waals surface area contributed by atoms with E-state index in [2.05, 4.69) is 5.10 Å². The lowest BCUT2D eigenvalue weighted by Gasteiger charge is -2.12. The third-order valence-electron chi connectivity index (χ3n) is 3.35. The second kappa shape index (κ2) is 7.45. The molecule has 1 heterocycles. The van der Waals surface area contributed by atoms with Crippen LogP contribution in [0.15, 0.2) is 40.1 Å². The third kappa shape index (κ3) is 4.15. The van der Waals surface area contributed by atoms with Gasteiger partial charge < -0.3 is 4.74 Å². The van der Waals surface area contributed by atoms with Crippen molar-refractivity contribution < 1.29 is 17.9 Å². The van der Waals surface area contributed by atoms with Crippen molar-refractivity contribution in [1.29, 1.82) is 0 Å². The van der Waals surface area contributed by atoms with Crippen LogP contribution in [0.2, 0.25) is 10.0 Å². The summed E-state index contributed by atoms with van der Waals surface area (Å²) in [7, 11) is 0. The van der Waals surface area contributed by atoms with Crippen LogP contribution in [0.3, 0.4) is 0 Å². The van der Waals surface area contributed by atoms with Crippen LogP contribution >= 0.6 is 23.2 Å². The Bertz CT molecular complexity index is 1100. The number of hydrogen-bond acceptors (Lipinski definition) is 4. The van der Waals surface area contributed by atoms with Crippen molar-refractivity contribution in [1.82, 2.24) is 14.8 Å². The Morgan fingerprint density at radius 2 is 1.63 bits per heavy atom. The normalized spacial score (nSPS) is 10.9. The van der Waals surface area contributed by atoms with Gasteiger partial charge in [-0.3, -0.25) is 9.78 Å². The van der Waals surface area contributed by atoms with Crippen molar-refractivity contribution >= 4 is 23.2 Å². The molecule has 0 aliphatic heterocycles. The van der Waals surface area contributed by atoms with Gasteiger partial charge in [-0.2, -0.15) is 5.10 Å². The lowest BCUT2D eigenvalue weighted by Crippen LogP contribution is -2.31. The van der Waals surface area contributed by atoms with E-state index >= 15 is 0 Å². The van der Waals surface area contributed by atoms with E-state index < -0.39 is 28.7 Å². The van der Waals surface area contributed by atoms with E-state index in [1.807, 2.05) is 4.98 Å². The number of benzene rings is 2. The van der Waals surface area contributed by atoms with E-state index in [1.165, 1.54) is 12.1 Å². The zero-order valence-electron chi connectivity index (χ0n) is 13.1. The molecule has 11 heteroatoms. The molecule has 0 amide bonds. The lowest BCUT2D eigenvalue weighted by atomic mass is 10.2. The number of H-pyrrole nitrogens is 1. The minimum atomic E-state index is -1.63. The summed E-state index contributed by atoms with van der Waals surface area (Å²) in [6.07, 6.45) is 0.930. The van der Waals surface area contributed by atoms with Gasteiger partial charge in [-0.15, -0.1) is 0 Å². The molecule has 0 radical (unpaired) electrons. The minimum absolute atomic E-state index is 0.0277. The van der Waals surface area contributed by atoms with Gasteiger partial charge in [-0.25, -0.2) is 22.6 Å². The number of halogens is 5. The Morgan fingerprint density at radius 1 is 1.04 bits per heavy atom. The molecule has 0 saturated heterocycles. The second-order valence-corrected chi connectivity index (χ2v) is 6.10. The quantitative estimate of drug-likeness (QED) is 0.659. The maximum atomic E-state index is 13.3. The van der Waals surface area contributed by atoms with Crippen LogP contribution in [0.4, 0.5) is 13.2 Å². The summed E-state index contributed by atoms with van der Waals surface area (Å²) in [5.41, 5.74) is -0.933. The van der Waals surface area contributed by atoms with Gasteiger partial charge in [0.05, 0.1) is 16.6 Å². The highest BCUT2D eigenvalue weighted by molar-refractivity contribution is 6.37. The van der Waals surface area contributed by atoms with Crippen LogP contribution in [-0.4, -0.2) is 14.8 Å². The number of aromatic amines is 1. The van der Waals surface area contributed by atoms with Crippen LogP contribution in [-0.2, 0) is 6.54 Å². The molecular formula is C16H8Cl2F3N3O3. The second-order valence-electron chi connectivity index (χ2n) is 5.29. The molecule has 0 bridgehead atoms. The minimum Gasteiger partial charge on any atom is -0.454 e. The molecule has 27 heavy (non-hydrogen) atoms. The first-order valence-electron chi connectivity index (χ1n) is 7.21. The van der Waals surface area contributed by atoms with E-state index in [0.29, 0.717) is 17.7 Å². The van der Waals surface area contributed by atoms with Gasteiger partial charge in [0.15, 0.2) is 23.2 Å². The maximum Gasteiger partial charge on any atom is 0.345 e. The van der Waals surface area contributed by atoms with Crippen molar-refractivity contribution in [3.63, 3.8) is 0 Å². The number of ether oxygens (including phenoxy) is 1. The largest absolute Gasteiger partial charge is 0.454 e. The van der Waals surface area contributed by atoms with E-state index in [4.69, 9.17) is 27.9 Å². The zero-order valence-corrected chi connectivity index (χ0v) is 14.6. The predicted octanol–water partition coefficient (Wildman–Crippen LogP) is 3.50. The Labute approximate surface area is 158 Å². The highest BCUT2D eigenvalue weighted by atomic mass is 35.5. The SMILES string of the molecule is O=c1cnn(Cc2cc(Cl)c(Oc3cc(F)c(F)c(F)c3)c(Cl)c2)c(=O)[nH]1. The van der Waals surface area contributed by atoms with Crippen LogP contribution < -0.4 is 16.0 Å². The molecule has 2 aromatic carbocycles. The van der Waals surface area contributed by atoms with E-state index in [1.54, 1.807) is 0 Å². The lowest BCUT2D eigenvalue weighted by molar-refractivity contribution is 0.423. The average Bonchev–Trinajstić information content (AvgIpc) is 2.58. The fourth-order valence-electron chi connectivity index (χ4n) is 2.17. The first kappa shape index (κ1) is 19.0. The Kier molecular flexibility index (Phi) is 5.24. The van der Waals surface area contributed by atoms with Crippen LogP contribution in [0.1, 0.15) is 5.56 Å². The molecular weight excluding hydrogens is 410 g/mol. The summed E-state index contributed by atoms with van der Waals surface area (Å²) in [5, 5.41) is 3.62. The molecule has 0 unspecified atom stereocenters. The molecule has 3 rings (SSSR count). The Hall–Kier alpha value is -2.78. The van der Waals surface area contributed by atoms with Crippen LogP contribution in [0, 0.1) is 17.5 Å². The van der Waals surface area contributed by atoms with E-state index in [0.717, 1.165) is 10.9 Å². The number of nitrogens with zero attached hydrogens (tertiary/aromatic N) is 2. The Morgan fingerprint density at radius 3 is 2.19 bits per heavy atom. The van der Waals surface area contributed by atoms with Gasteiger partial charge in [0.25, 0.3) is 5.56 Å². The maximum absolute atomic E-state index is 13.3. The summed E-state index contributed by atoms with van der Waals surface area (Å²) >= 11 is 12.2. The molecule has 0 aliphatic carbocycles. The van der Waals surface area contributed by atoms with Crippen LogP contribution in [0.5, 0.6) is 11.5 Å². The van der Waals surface area contributed by atoms with Crippen molar-refractivity contribution in [2.75, 3.05) is 0 Å². The highest BCUT2D eigenvalue weighted by Gasteiger charge is 2.16. The number of hydrogen-bond donors (Lipinski definition) is 1. The summed E-state index contributed by atoms with van der Waals surface area (Å²) in [6, 6.07) is 4.06. The third-order valence-corrected chi connectivity index (χ3v) is 3.91. The average molecular weight is 418 g/mol. The van der Waals surface area contributed by atoms with Gasteiger partial charge in [-0.1, -0.05) is 23.2 Å².